The molecule has 21 heavy (non-hydrogen) atoms. The number of rotatable bonds is 3. The zero-order valence-corrected chi connectivity index (χ0v) is 11.7. The minimum atomic E-state index is -0.206. The van der Waals surface area contributed by atoms with Crippen LogP contribution in [0.2, 0.25) is 0 Å². The lowest BCUT2D eigenvalue weighted by atomic mass is 10.0. The third-order valence-corrected chi connectivity index (χ3v) is 3.69. The number of hydrogen-bond acceptors (Lipinski definition) is 3. The van der Waals surface area contributed by atoms with Gasteiger partial charge in [0.25, 0.3) is 0 Å². The van der Waals surface area contributed by atoms with Gasteiger partial charge >= 0.3 is 0 Å². The Hall–Kier alpha value is -2.62. The van der Waals surface area contributed by atoms with Crippen molar-refractivity contribution >= 4 is 23.1 Å². The lowest BCUT2D eigenvalue weighted by Crippen LogP contribution is -2.22. The number of carbonyl (C=O) groups excluding carboxylic acids is 2. The van der Waals surface area contributed by atoms with Crippen LogP contribution < -0.4 is 10.6 Å². The van der Waals surface area contributed by atoms with Crippen molar-refractivity contribution in [3.63, 3.8) is 0 Å². The van der Waals surface area contributed by atoms with Crippen LogP contribution in [0.25, 0.3) is 0 Å². The Morgan fingerprint density at radius 1 is 1.14 bits per heavy atom. The van der Waals surface area contributed by atoms with E-state index in [9.17, 15) is 9.59 Å². The zero-order chi connectivity index (χ0) is 14.8. The van der Waals surface area contributed by atoms with Crippen LogP contribution in [-0.4, -0.2) is 18.2 Å². The highest BCUT2D eigenvalue weighted by Crippen LogP contribution is 2.31. The average Bonchev–Trinajstić information content (AvgIpc) is 2.91. The minimum absolute atomic E-state index is 0.0148. The second kappa shape index (κ2) is 5.40. The van der Waals surface area contributed by atoms with Gasteiger partial charge in [-0.15, -0.1) is 0 Å². The quantitative estimate of drug-likeness (QED) is 0.850. The number of carbonyl (C=O) groups is 2. The summed E-state index contributed by atoms with van der Waals surface area (Å²) in [5, 5.41) is 6.12. The maximum Gasteiger partial charge on any atom is 0.233 e. The molecule has 2 aromatic carbocycles. The van der Waals surface area contributed by atoms with E-state index in [2.05, 4.69) is 10.6 Å². The number of anilines is 2. The average molecular weight is 280 g/mol. The molecule has 0 spiro atoms. The van der Waals surface area contributed by atoms with Crippen LogP contribution in [0.3, 0.4) is 0 Å². The van der Waals surface area contributed by atoms with Gasteiger partial charge in [0.05, 0.1) is 5.92 Å². The van der Waals surface area contributed by atoms with E-state index in [0.29, 0.717) is 17.8 Å². The number of ketones is 1. The number of Topliss-reactive ketones (excluding diaryl/α,β-unsaturated/α-hetero) is 1. The normalized spacial score (nSPS) is 16.0. The molecule has 0 aliphatic carbocycles. The molecule has 2 aromatic rings. The molecule has 0 fully saturated rings. The molecule has 0 radical (unpaired) electrons. The second-order valence-corrected chi connectivity index (χ2v) is 5.15. The van der Waals surface area contributed by atoms with E-state index in [1.165, 1.54) is 6.92 Å². The predicted molar refractivity (Wildman–Crippen MR) is 82.7 cm³/mol. The van der Waals surface area contributed by atoms with Crippen LogP contribution in [0.1, 0.15) is 28.8 Å². The van der Waals surface area contributed by atoms with Crippen molar-refractivity contribution in [2.24, 2.45) is 0 Å². The summed E-state index contributed by atoms with van der Waals surface area (Å²) < 4.78 is 0. The van der Waals surface area contributed by atoms with Gasteiger partial charge in [0, 0.05) is 23.5 Å². The molecule has 1 heterocycles. The Bertz CT molecular complexity index is 709. The Labute approximate surface area is 123 Å². The van der Waals surface area contributed by atoms with Crippen molar-refractivity contribution in [3.8, 4) is 0 Å². The maximum atomic E-state index is 12.4. The fourth-order valence-corrected chi connectivity index (χ4v) is 2.56. The van der Waals surface area contributed by atoms with Gasteiger partial charge in [-0.1, -0.05) is 30.3 Å². The Morgan fingerprint density at radius 3 is 2.76 bits per heavy atom. The zero-order valence-electron chi connectivity index (χ0n) is 11.7. The van der Waals surface area contributed by atoms with Crippen LogP contribution in [-0.2, 0) is 4.79 Å². The van der Waals surface area contributed by atoms with Crippen LogP contribution in [0.15, 0.2) is 48.5 Å². The summed E-state index contributed by atoms with van der Waals surface area (Å²) in [6.07, 6.45) is 0. The standard InChI is InChI=1S/C17H16N2O2/c1-11(20)12-5-4-6-13(9-12)19-17(21)15-10-18-16-8-3-2-7-14(15)16/h2-9,15,18H,10H2,1H3,(H,19,21). The van der Waals surface area contributed by atoms with Gasteiger partial charge in [-0.25, -0.2) is 0 Å². The first-order valence-corrected chi connectivity index (χ1v) is 6.90. The Morgan fingerprint density at radius 2 is 1.95 bits per heavy atom. The molecule has 106 valence electrons. The highest BCUT2D eigenvalue weighted by molar-refractivity contribution is 6.00. The summed E-state index contributed by atoms with van der Waals surface area (Å²) >= 11 is 0. The van der Waals surface area contributed by atoms with Crippen molar-refractivity contribution in [2.45, 2.75) is 12.8 Å². The Balaban J connectivity index is 1.79. The molecule has 2 N–H and O–H groups in total. The molecule has 1 aliphatic heterocycles. The van der Waals surface area contributed by atoms with Gasteiger partial charge in [0.2, 0.25) is 5.91 Å². The van der Waals surface area contributed by atoms with Crippen LogP contribution >= 0.6 is 0 Å². The van der Waals surface area contributed by atoms with Crippen molar-refractivity contribution < 1.29 is 9.59 Å². The van der Waals surface area contributed by atoms with Crippen molar-refractivity contribution in [1.82, 2.24) is 0 Å². The molecule has 0 saturated heterocycles. The van der Waals surface area contributed by atoms with E-state index in [1.54, 1.807) is 24.3 Å². The van der Waals surface area contributed by atoms with Crippen molar-refractivity contribution in [2.75, 3.05) is 17.2 Å². The third kappa shape index (κ3) is 2.65. The highest BCUT2D eigenvalue weighted by Gasteiger charge is 2.28. The summed E-state index contributed by atoms with van der Waals surface area (Å²) in [5.74, 6) is -0.283. The summed E-state index contributed by atoms with van der Waals surface area (Å²) in [6, 6.07) is 14.8. The first kappa shape index (κ1) is 13.4. The van der Waals surface area contributed by atoms with Gasteiger partial charge < -0.3 is 10.6 Å². The molecule has 1 unspecified atom stereocenters. The van der Waals surface area contributed by atoms with Crippen LogP contribution in [0, 0.1) is 0 Å². The van der Waals surface area contributed by atoms with Crippen LogP contribution in [0.4, 0.5) is 11.4 Å². The van der Waals surface area contributed by atoms with Crippen molar-refractivity contribution in [1.29, 1.82) is 0 Å². The van der Waals surface area contributed by atoms with E-state index in [1.807, 2.05) is 24.3 Å². The predicted octanol–water partition coefficient (Wildman–Crippen LogP) is 3.04. The first-order valence-electron chi connectivity index (χ1n) is 6.90. The topological polar surface area (TPSA) is 58.2 Å². The molecular formula is C17H16N2O2. The Kier molecular flexibility index (Phi) is 3.44. The minimum Gasteiger partial charge on any atom is -0.384 e. The number of para-hydroxylation sites is 1. The largest absolute Gasteiger partial charge is 0.384 e. The lowest BCUT2D eigenvalue weighted by Gasteiger charge is -2.11. The molecule has 1 amide bonds. The van der Waals surface area contributed by atoms with Gasteiger partial charge in [-0.3, -0.25) is 9.59 Å². The van der Waals surface area contributed by atoms with Gasteiger partial charge in [-0.2, -0.15) is 0 Å². The molecule has 0 aromatic heterocycles. The van der Waals surface area contributed by atoms with E-state index in [0.717, 1.165) is 11.3 Å². The van der Waals surface area contributed by atoms with E-state index >= 15 is 0 Å². The molecule has 0 saturated carbocycles. The molecule has 1 aliphatic rings. The second-order valence-electron chi connectivity index (χ2n) is 5.15. The molecule has 0 bridgehead atoms. The monoisotopic (exact) mass is 280 g/mol. The molecular weight excluding hydrogens is 264 g/mol. The summed E-state index contributed by atoms with van der Waals surface area (Å²) in [4.78, 5) is 23.8. The lowest BCUT2D eigenvalue weighted by molar-refractivity contribution is -0.117. The number of amides is 1. The number of nitrogens with one attached hydrogen (secondary N) is 2. The fourth-order valence-electron chi connectivity index (χ4n) is 2.56. The molecule has 4 heteroatoms. The first-order chi connectivity index (χ1) is 10.1. The van der Waals surface area contributed by atoms with Gasteiger partial charge in [0.15, 0.2) is 5.78 Å². The van der Waals surface area contributed by atoms with Crippen molar-refractivity contribution in [3.05, 3.63) is 59.7 Å². The molecule has 4 nitrogen and oxygen atoms in total. The number of benzene rings is 2. The fraction of sp³-hybridized carbons (Fsp3) is 0.176. The summed E-state index contributed by atoms with van der Waals surface area (Å²) in [7, 11) is 0. The number of hydrogen-bond donors (Lipinski definition) is 2. The van der Waals surface area contributed by atoms with Gasteiger partial charge in [0.1, 0.15) is 0 Å². The SMILES string of the molecule is CC(=O)c1cccc(NC(=O)C2CNc3ccccc32)c1. The van der Waals surface area contributed by atoms with E-state index < -0.39 is 0 Å². The molecule has 3 rings (SSSR count). The third-order valence-electron chi connectivity index (χ3n) is 3.69. The smallest absolute Gasteiger partial charge is 0.233 e. The number of fused-ring (bicyclic) bond motifs is 1. The van der Waals surface area contributed by atoms with E-state index in [-0.39, 0.29) is 17.6 Å². The van der Waals surface area contributed by atoms with Gasteiger partial charge in [-0.05, 0) is 30.7 Å². The summed E-state index contributed by atoms with van der Waals surface area (Å²) in [5.41, 5.74) is 3.27. The maximum absolute atomic E-state index is 12.4. The highest BCUT2D eigenvalue weighted by atomic mass is 16.2. The van der Waals surface area contributed by atoms with E-state index in [4.69, 9.17) is 0 Å². The van der Waals surface area contributed by atoms with Crippen LogP contribution in [0.5, 0.6) is 0 Å². The summed E-state index contributed by atoms with van der Waals surface area (Å²) in [6.45, 7) is 2.11. The molecule has 1 atom stereocenters.